The van der Waals surface area contributed by atoms with E-state index in [1.165, 1.54) is 164 Å². The van der Waals surface area contributed by atoms with Gasteiger partial charge in [0.05, 0.1) is 71.5 Å². The molecular formula is C93H121N5O6S. The Hall–Kier alpha value is -8.35. The van der Waals surface area contributed by atoms with E-state index in [9.17, 15) is 9.90 Å². The molecular weight excluding hydrogens is 1320 g/mol. The van der Waals surface area contributed by atoms with Gasteiger partial charge >= 0.3 is 5.97 Å². The third kappa shape index (κ3) is 22.6. The molecule has 12 heteroatoms. The summed E-state index contributed by atoms with van der Waals surface area (Å²) in [5, 5.41) is 10.6. The molecule has 11 nitrogen and oxygen atoms in total. The van der Waals surface area contributed by atoms with Crippen molar-refractivity contribution in [3.63, 3.8) is 0 Å². The summed E-state index contributed by atoms with van der Waals surface area (Å²) in [6.45, 7) is 15.8. The lowest BCUT2D eigenvalue weighted by molar-refractivity contribution is 0.0702. The topological polar surface area (TPSA) is 135 Å². The zero-order valence-electron chi connectivity index (χ0n) is 64.5. The van der Waals surface area contributed by atoms with Gasteiger partial charge in [-0.25, -0.2) is 14.8 Å². The minimum Gasteiger partial charge on any atom is -0.493 e. The van der Waals surface area contributed by atoms with Crippen LogP contribution in [0.5, 0.6) is 23.0 Å². The third-order valence-corrected chi connectivity index (χ3v) is 21.6. The molecule has 0 amide bonds. The Morgan fingerprint density at radius 1 is 0.352 bits per heavy atom. The number of unbranched alkanes of at least 4 members (excludes halogenated alkanes) is 26. The number of thiophene rings is 1. The largest absolute Gasteiger partial charge is 0.493 e. The molecule has 8 bridgehead atoms. The fourth-order valence-electron chi connectivity index (χ4n) is 14.6. The highest BCUT2D eigenvalue weighted by Crippen LogP contribution is 2.49. The molecule has 10 rings (SSSR count). The standard InChI is InChI=1S/C93H121N5O6S/c1-7-13-19-25-29-35-65-101-81-43-39-44-82(102-66-36-30-26-20-14-8-2)90(81)88-75-57-55-73(94-75)87(85-63-64-86(105-85)93(99)100)74-56-58-76(95-74)89(91-83(103-67-37-31-27-21-15-9-3)45-40-46-84(91)104-68-38-32-28-22-16-10-4)78-60-62-80(97-78)92(79-61-59-77(88)96-79)98(71-51-47-69(48-52-71)41-33-23-17-11-5)72-53-49-70(50-54-72)42-34-24-18-12-6/h39-40,43-64,94,97H,7-38,41-42,65-68H2,1-6H3,(H,99,100). The van der Waals surface area contributed by atoms with Crippen molar-refractivity contribution in [2.45, 2.75) is 260 Å². The number of nitrogens with one attached hydrogen (secondary N) is 2. The quantitative estimate of drug-likeness (QED) is 0.0319. The van der Waals surface area contributed by atoms with Gasteiger partial charge in [0.25, 0.3) is 0 Å². The fourth-order valence-corrected chi connectivity index (χ4v) is 15.5. The molecule has 2 aliphatic heterocycles. The molecule has 0 saturated heterocycles. The number of fused-ring (bicyclic) bond motifs is 8. The van der Waals surface area contributed by atoms with Crippen LogP contribution in [-0.4, -0.2) is 57.4 Å². The maximum Gasteiger partial charge on any atom is 0.345 e. The Morgan fingerprint density at radius 2 is 0.676 bits per heavy atom. The summed E-state index contributed by atoms with van der Waals surface area (Å²) in [5.41, 5.74) is 15.7. The number of hydrogen-bond acceptors (Lipinski definition) is 9. The van der Waals surface area contributed by atoms with Gasteiger partial charge in [-0.2, -0.15) is 0 Å². The predicted molar refractivity (Wildman–Crippen MR) is 446 cm³/mol. The summed E-state index contributed by atoms with van der Waals surface area (Å²) in [5.74, 6) is 1.92. The first-order chi connectivity index (χ1) is 51.7. The zero-order chi connectivity index (χ0) is 73.2. The third-order valence-electron chi connectivity index (χ3n) is 20.5. The van der Waals surface area contributed by atoms with Crippen LogP contribution in [0.4, 0.5) is 17.1 Å². The minimum atomic E-state index is -0.980. The summed E-state index contributed by atoms with van der Waals surface area (Å²) >= 11 is 1.24. The zero-order valence-corrected chi connectivity index (χ0v) is 65.3. The number of aromatic amines is 2. The van der Waals surface area contributed by atoms with E-state index in [0.29, 0.717) is 37.8 Å². The van der Waals surface area contributed by atoms with Crippen LogP contribution in [0.3, 0.4) is 0 Å². The van der Waals surface area contributed by atoms with Gasteiger partial charge in [-0.05, 0) is 172 Å². The van der Waals surface area contributed by atoms with Crippen LogP contribution >= 0.6 is 11.3 Å². The van der Waals surface area contributed by atoms with Gasteiger partial charge in [0, 0.05) is 49.5 Å². The van der Waals surface area contributed by atoms with Crippen molar-refractivity contribution in [2.24, 2.45) is 0 Å². The van der Waals surface area contributed by atoms with Gasteiger partial charge in [-0.15, -0.1) is 11.3 Å². The van der Waals surface area contributed by atoms with Crippen LogP contribution < -0.4 is 23.8 Å². The van der Waals surface area contributed by atoms with Crippen LogP contribution in [0.1, 0.15) is 291 Å². The van der Waals surface area contributed by atoms with Crippen molar-refractivity contribution in [1.82, 2.24) is 19.9 Å². The smallest absolute Gasteiger partial charge is 0.345 e. The van der Waals surface area contributed by atoms with Gasteiger partial charge in [0.2, 0.25) is 0 Å². The second-order valence-corrected chi connectivity index (χ2v) is 30.0. The molecule has 2 aliphatic rings. The number of anilines is 3. The van der Waals surface area contributed by atoms with E-state index in [2.05, 4.69) is 190 Å². The lowest BCUT2D eigenvalue weighted by Crippen LogP contribution is -2.12. The summed E-state index contributed by atoms with van der Waals surface area (Å²) in [6, 6.07) is 43.3. The molecule has 0 aliphatic carbocycles. The number of carboxylic acids is 1. The number of H-pyrrole nitrogens is 2. The fraction of sp³-hybridized carbons (Fsp3) is 0.473. The molecule has 4 aromatic heterocycles. The van der Waals surface area contributed by atoms with Crippen LogP contribution in [-0.2, 0) is 12.8 Å². The Kier molecular flexibility index (Phi) is 32.7. The number of aromatic nitrogens is 4. The molecule has 0 atom stereocenters. The summed E-state index contributed by atoms with van der Waals surface area (Å²) in [4.78, 5) is 36.2. The van der Waals surface area contributed by atoms with E-state index in [1.807, 2.05) is 6.07 Å². The lowest BCUT2D eigenvalue weighted by Gasteiger charge is -2.27. The number of carboxylic acid groups (broad SMARTS) is 1. The van der Waals surface area contributed by atoms with Gasteiger partial charge < -0.3 is 38.9 Å². The molecule has 560 valence electrons. The molecule has 0 spiro atoms. The number of nitrogens with zero attached hydrogens (tertiary/aromatic N) is 3. The van der Waals surface area contributed by atoms with Gasteiger partial charge in [-0.3, -0.25) is 0 Å². The molecule has 0 unspecified atom stereocenters. The van der Waals surface area contributed by atoms with Crippen molar-refractivity contribution in [3.05, 3.63) is 160 Å². The monoisotopic (exact) mass is 1440 g/mol. The van der Waals surface area contributed by atoms with Crippen molar-refractivity contribution in [3.8, 4) is 55.7 Å². The molecule has 3 N–H and O–H groups in total. The average Bonchev–Trinajstić information content (AvgIpc) is 1.62. The summed E-state index contributed by atoms with van der Waals surface area (Å²) < 4.78 is 28.3. The molecule has 0 saturated carbocycles. The Bertz CT molecular complexity index is 3990. The van der Waals surface area contributed by atoms with Crippen molar-refractivity contribution in [1.29, 1.82) is 0 Å². The van der Waals surface area contributed by atoms with Crippen LogP contribution in [0, 0.1) is 0 Å². The molecule has 105 heavy (non-hydrogen) atoms. The van der Waals surface area contributed by atoms with Crippen molar-refractivity contribution < 1.29 is 28.8 Å². The predicted octanol–water partition coefficient (Wildman–Crippen LogP) is 28.1. The molecule has 4 aromatic carbocycles. The number of aromatic carboxylic acids is 1. The normalized spacial score (nSPS) is 11.8. The van der Waals surface area contributed by atoms with E-state index in [1.54, 1.807) is 6.07 Å². The highest BCUT2D eigenvalue weighted by molar-refractivity contribution is 7.17. The van der Waals surface area contributed by atoms with Crippen molar-refractivity contribution >= 4 is 80.7 Å². The average molecular weight is 1440 g/mol. The number of hydrogen-bond donors (Lipinski definition) is 3. The highest BCUT2D eigenvalue weighted by Gasteiger charge is 2.28. The number of ether oxygens (including phenoxy) is 4. The minimum absolute atomic E-state index is 0.236. The molecule has 8 aromatic rings. The van der Waals surface area contributed by atoms with Gasteiger partial charge in [0.1, 0.15) is 27.9 Å². The molecule has 6 heterocycles. The van der Waals surface area contributed by atoms with E-state index >= 15 is 0 Å². The number of carbonyl (C=O) groups is 1. The summed E-state index contributed by atoms with van der Waals surface area (Å²) in [6.07, 6.45) is 47.5. The van der Waals surface area contributed by atoms with E-state index in [4.69, 9.17) is 28.9 Å². The Balaban J connectivity index is 1.29. The van der Waals surface area contributed by atoms with Crippen LogP contribution in [0.2, 0.25) is 0 Å². The van der Waals surface area contributed by atoms with Crippen molar-refractivity contribution in [2.75, 3.05) is 31.3 Å². The summed E-state index contributed by atoms with van der Waals surface area (Å²) in [7, 11) is 0. The van der Waals surface area contributed by atoms with Gasteiger partial charge in [-0.1, -0.05) is 245 Å². The number of benzene rings is 4. The second kappa shape index (κ2) is 43.3. The van der Waals surface area contributed by atoms with E-state index in [0.717, 1.165) is 183 Å². The SMILES string of the molecule is CCCCCCCCOc1cccc(OCCCCCCCC)c1-c1c2nc(c(N(c3ccc(CCCCCC)cc3)c3ccc(CCCCCC)cc3)c3ccc([nH]3)c(-c3c(OCCCCCCCC)cccc3OCCCCCCCC)c3nc(c(-c4ccc(C(=O)O)s4)c4ccc1[nH]4)C=C3)C=C2. The Labute approximate surface area is 632 Å². The number of rotatable bonds is 49. The van der Waals surface area contributed by atoms with E-state index < -0.39 is 5.97 Å². The Morgan fingerprint density at radius 3 is 1.06 bits per heavy atom. The maximum atomic E-state index is 12.9. The van der Waals surface area contributed by atoms with Crippen LogP contribution in [0.15, 0.2) is 121 Å². The first-order valence-corrected chi connectivity index (χ1v) is 41.8. The first kappa shape index (κ1) is 79.2. The van der Waals surface area contributed by atoms with Crippen LogP contribution in [0.25, 0.3) is 79.1 Å². The van der Waals surface area contributed by atoms with E-state index in [-0.39, 0.29) is 4.88 Å². The first-order valence-electron chi connectivity index (χ1n) is 41.0. The lowest BCUT2D eigenvalue weighted by atomic mass is 10.0. The van der Waals surface area contributed by atoms with Gasteiger partial charge in [0.15, 0.2) is 0 Å². The second-order valence-electron chi connectivity index (χ2n) is 29.0. The number of aryl methyl sites for hydroxylation is 2. The molecule has 0 radical (unpaired) electrons. The highest BCUT2D eigenvalue weighted by atomic mass is 32.1. The molecule has 0 fully saturated rings. The maximum absolute atomic E-state index is 12.9.